The Labute approximate surface area is 95.1 Å². The molecule has 2 nitrogen and oxygen atoms in total. The van der Waals surface area contributed by atoms with E-state index < -0.39 is 5.82 Å². The molecule has 84 valence electrons. The highest BCUT2D eigenvalue weighted by Crippen LogP contribution is 2.36. The van der Waals surface area contributed by atoms with Gasteiger partial charge in [-0.1, -0.05) is 13.0 Å². The van der Waals surface area contributed by atoms with E-state index in [0.29, 0.717) is 11.6 Å². The molecule has 16 heavy (non-hydrogen) atoms. The lowest BCUT2D eigenvalue weighted by molar-refractivity contribution is 0.536. The van der Waals surface area contributed by atoms with Crippen LogP contribution in [0.5, 0.6) is 0 Å². The van der Waals surface area contributed by atoms with Gasteiger partial charge in [-0.05, 0) is 36.8 Å². The van der Waals surface area contributed by atoms with E-state index in [2.05, 4.69) is 12.2 Å². The molecule has 0 bridgehead atoms. The van der Waals surface area contributed by atoms with Gasteiger partial charge in [-0.2, -0.15) is 5.26 Å². The standard InChI is InChI=1S/C13H15FN2/c1-9(10-5-6-10)8-16-13-4-2-3-12(14)11(13)7-15/h2-4,9-10,16H,5-6,8H2,1H3. The lowest BCUT2D eigenvalue weighted by atomic mass is 10.1. The number of halogens is 1. The number of hydrogen-bond acceptors (Lipinski definition) is 2. The molecule has 1 unspecified atom stereocenters. The summed E-state index contributed by atoms with van der Waals surface area (Å²) in [6.07, 6.45) is 2.61. The van der Waals surface area contributed by atoms with Crippen molar-refractivity contribution in [2.24, 2.45) is 11.8 Å². The van der Waals surface area contributed by atoms with Crippen molar-refractivity contribution in [2.75, 3.05) is 11.9 Å². The molecule has 2 rings (SSSR count). The van der Waals surface area contributed by atoms with E-state index in [4.69, 9.17) is 5.26 Å². The third-order valence-electron chi connectivity index (χ3n) is 3.17. The van der Waals surface area contributed by atoms with Crippen LogP contribution in [0.25, 0.3) is 0 Å². The van der Waals surface area contributed by atoms with Gasteiger partial charge in [0.2, 0.25) is 0 Å². The minimum absolute atomic E-state index is 0.116. The first-order valence-electron chi connectivity index (χ1n) is 5.65. The second-order valence-corrected chi connectivity index (χ2v) is 4.47. The van der Waals surface area contributed by atoms with Crippen molar-refractivity contribution in [3.63, 3.8) is 0 Å². The number of rotatable bonds is 4. The topological polar surface area (TPSA) is 35.8 Å². The maximum Gasteiger partial charge on any atom is 0.143 e. The highest BCUT2D eigenvalue weighted by molar-refractivity contribution is 5.57. The minimum atomic E-state index is -0.452. The molecule has 0 heterocycles. The van der Waals surface area contributed by atoms with Crippen LogP contribution in [0, 0.1) is 29.0 Å². The largest absolute Gasteiger partial charge is 0.384 e. The van der Waals surface area contributed by atoms with Gasteiger partial charge in [-0.25, -0.2) is 4.39 Å². The van der Waals surface area contributed by atoms with Crippen LogP contribution in [-0.4, -0.2) is 6.54 Å². The monoisotopic (exact) mass is 218 g/mol. The highest BCUT2D eigenvalue weighted by atomic mass is 19.1. The normalized spacial score (nSPS) is 16.6. The van der Waals surface area contributed by atoms with Gasteiger partial charge in [0.15, 0.2) is 0 Å². The predicted octanol–water partition coefficient (Wildman–Crippen LogP) is 3.16. The van der Waals surface area contributed by atoms with Crippen LogP contribution in [0.2, 0.25) is 0 Å². The molecule has 1 aromatic rings. The molecule has 1 saturated carbocycles. The summed E-state index contributed by atoms with van der Waals surface area (Å²) in [5.74, 6) is 0.952. The molecule has 1 fully saturated rings. The molecule has 0 spiro atoms. The summed E-state index contributed by atoms with van der Waals surface area (Å²) in [6.45, 7) is 3.00. The fraction of sp³-hybridized carbons (Fsp3) is 0.462. The van der Waals surface area contributed by atoms with Crippen molar-refractivity contribution in [1.82, 2.24) is 0 Å². The maximum absolute atomic E-state index is 13.3. The van der Waals surface area contributed by atoms with Gasteiger partial charge in [-0.3, -0.25) is 0 Å². The Kier molecular flexibility index (Phi) is 3.09. The second kappa shape index (κ2) is 4.52. The quantitative estimate of drug-likeness (QED) is 0.842. The number of nitriles is 1. The first-order valence-corrected chi connectivity index (χ1v) is 5.65. The third kappa shape index (κ3) is 2.33. The van der Waals surface area contributed by atoms with E-state index in [-0.39, 0.29) is 5.56 Å². The van der Waals surface area contributed by atoms with E-state index in [0.717, 1.165) is 12.5 Å². The molecule has 0 saturated heterocycles. The first-order chi connectivity index (χ1) is 7.72. The number of benzene rings is 1. The molecular formula is C13H15FN2. The van der Waals surface area contributed by atoms with Crippen molar-refractivity contribution >= 4 is 5.69 Å². The van der Waals surface area contributed by atoms with Crippen LogP contribution in [0.4, 0.5) is 10.1 Å². The van der Waals surface area contributed by atoms with E-state index in [1.165, 1.54) is 18.9 Å². The SMILES string of the molecule is CC(CNc1cccc(F)c1C#N)C1CC1. The van der Waals surface area contributed by atoms with Gasteiger partial charge < -0.3 is 5.32 Å². The lowest BCUT2D eigenvalue weighted by Gasteiger charge is -2.13. The van der Waals surface area contributed by atoms with Crippen LogP contribution < -0.4 is 5.32 Å². The number of nitrogens with zero attached hydrogens (tertiary/aromatic N) is 1. The molecule has 1 N–H and O–H groups in total. The highest BCUT2D eigenvalue weighted by Gasteiger charge is 2.27. The summed E-state index contributed by atoms with van der Waals surface area (Å²) in [5.41, 5.74) is 0.723. The zero-order valence-electron chi connectivity index (χ0n) is 9.33. The Morgan fingerprint density at radius 2 is 2.31 bits per heavy atom. The lowest BCUT2D eigenvalue weighted by Crippen LogP contribution is -2.13. The van der Waals surface area contributed by atoms with Gasteiger partial charge in [0.25, 0.3) is 0 Å². The van der Waals surface area contributed by atoms with Gasteiger partial charge in [-0.15, -0.1) is 0 Å². The zero-order chi connectivity index (χ0) is 11.5. The van der Waals surface area contributed by atoms with Crippen molar-refractivity contribution in [2.45, 2.75) is 19.8 Å². The Balaban J connectivity index is 2.03. The van der Waals surface area contributed by atoms with E-state index in [9.17, 15) is 4.39 Å². The van der Waals surface area contributed by atoms with Crippen LogP contribution in [0.3, 0.4) is 0 Å². The molecule has 1 aliphatic carbocycles. The third-order valence-corrected chi connectivity index (χ3v) is 3.17. The molecule has 1 aliphatic rings. The average Bonchev–Trinajstić information content (AvgIpc) is 3.09. The first kappa shape index (κ1) is 10.9. The molecule has 3 heteroatoms. The summed E-state index contributed by atoms with van der Waals surface area (Å²) in [4.78, 5) is 0. The van der Waals surface area contributed by atoms with Gasteiger partial charge in [0.1, 0.15) is 17.4 Å². The zero-order valence-corrected chi connectivity index (χ0v) is 9.33. The molecule has 0 aliphatic heterocycles. The predicted molar refractivity (Wildman–Crippen MR) is 61.5 cm³/mol. The Morgan fingerprint density at radius 3 is 2.94 bits per heavy atom. The molecule has 1 aromatic carbocycles. The summed E-state index contributed by atoms with van der Waals surface area (Å²) in [6, 6.07) is 6.59. The summed E-state index contributed by atoms with van der Waals surface area (Å²) < 4.78 is 13.3. The van der Waals surface area contributed by atoms with Crippen LogP contribution >= 0.6 is 0 Å². The van der Waals surface area contributed by atoms with Crippen molar-refractivity contribution in [3.8, 4) is 6.07 Å². The summed E-state index contributed by atoms with van der Waals surface area (Å²) in [5, 5.41) is 12.0. The van der Waals surface area contributed by atoms with Gasteiger partial charge in [0.05, 0.1) is 5.69 Å². The molecular weight excluding hydrogens is 203 g/mol. The Hall–Kier alpha value is -1.56. The van der Waals surface area contributed by atoms with Gasteiger partial charge in [0, 0.05) is 6.54 Å². The van der Waals surface area contributed by atoms with Crippen molar-refractivity contribution < 1.29 is 4.39 Å². The Bertz CT molecular complexity index is 418. The van der Waals surface area contributed by atoms with E-state index in [1.807, 2.05) is 6.07 Å². The van der Waals surface area contributed by atoms with E-state index >= 15 is 0 Å². The van der Waals surface area contributed by atoms with Crippen molar-refractivity contribution in [3.05, 3.63) is 29.6 Å². The van der Waals surface area contributed by atoms with Crippen LogP contribution in [-0.2, 0) is 0 Å². The molecule has 0 radical (unpaired) electrons. The molecule has 0 aromatic heterocycles. The number of nitrogens with one attached hydrogen (secondary N) is 1. The van der Waals surface area contributed by atoms with Crippen LogP contribution in [0.15, 0.2) is 18.2 Å². The molecule has 1 atom stereocenters. The fourth-order valence-electron chi connectivity index (χ4n) is 1.89. The number of hydrogen-bond donors (Lipinski definition) is 1. The molecule has 0 amide bonds. The maximum atomic E-state index is 13.3. The minimum Gasteiger partial charge on any atom is -0.384 e. The van der Waals surface area contributed by atoms with Gasteiger partial charge >= 0.3 is 0 Å². The average molecular weight is 218 g/mol. The van der Waals surface area contributed by atoms with E-state index in [1.54, 1.807) is 12.1 Å². The Morgan fingerprint density at radius 1 is 1.56 bits per heavy atom. The fourth-order valence-corrected chi connectivity index (χ4v) is 1.89. The summed E-state index contributed by atoms with van der Waals surface area (Å²) >= 11 is 0. The smallest absolute Gasteiger partial charge is 0.143 e. The van der Waals surface area contributed by atoms with Crippen molar-refractivity contribution in [1.29, 1.82) is 5.26 Å². The second-order valence-electron chi connectivity index (χ2n) is 4.47. The number of anilines is 1. The van der Waals surface area contributed by atoms with Crippen LogP contribution in [0.1, 0.15) is 25.3 Å². The summed E-state index contributed by atoms with van der Waals surface area (Å²) in [7, 11) is 0.